The second kappa shape index (κ2) is 9.93. The third-order valence-electron chi connectivity index (χ3n) is 3.35. The SMILES string of the molecule is COc1ccc(CNc2cc(C)cc(C)c2)cc1OC.O=C(O)C(=O)O. The van der Waals surface area contributed by atoms with Crippen LogP contribution in [0.15, 0.2) is 36.4 Å². The summed E-state index contributed by atoms with van der Waals surface area (Å²) in [6.45, 7) is 4.96. The summed E-state index contributed by atoms with van der Waals surface area (Å²) < 4.78 is 10.6. The zero-order valence-electron chi connectivity index (χ0n) is 15.2. The number of nitrogens with one attached hydrogen (secondary N) is 1. The molecular formula is C19H23NO6. The van der Waals surface area contributed by atoms with E-state index in [1.165, 1.54) is 11.1 Å². The minimum absolute atomic E-state index is 0.752. The fraction of sp³-hybridized carbons (Fsp3) is 0.263. The van der Waals surface area contributed by atoms with E-state index in [1.807, 2.05) is 18.2 Å². The molecule has 2 rings (SSSR count). The van der Waals surface area contributed by atoms with E-state index in [-0.39, 0.29) is 0 Å². The molecule has 7 nitrogen and oxygen atoms in total. The molecule has 26 heavy (non-hydrogen) atoms. The van der Waals surface area contributed by atoms with E-state index < -0.39 is 11.9 Å². The zero-order valence-corrected chi connectivity index (χ0v) is 15.2. The van der Waals surface area contributed by atoms with Gasteiger partial charge in [0.15, 0.2) is 11.5 Å². The average Bonchev–Trinajstić information content (AvgIpc) is 2.59. The smallest absolute Gasteiger partial charge is 0.414 e. The predicted octanol–water partition coefficient (Wildman–Crippen LogP) is 3.09. The lowest BCUT2D eigenvalue weighted by Gasteiger charge is -2.12. The van der Waals surface area contributed by atoms with E-state index in [0.29, 0.717) is 0 Å². The molecule has 0 aliphatic heterocycles. The van der Waals surface area contributed by atoms with Crippen molar-refractivity contribution in [2.45, 2.75) is 20.4 Å². The van der Waals surface area contributed by atoms with Crippen LogP contribution in [0.3, 0.4) is 0 Å². The highest BCUT2D eigenvalue weighted by Gasteiger charge is 2.05. The minimum atomic E-state index is -1.82. The number of anilines is 1. The number of methoxy groups -OCH3 is 2. The van der Waals surface area contributed by atoms with Crippen molar-refractivity contribution < 1.29 is 29.3 Å². The number of carbonyl (C=O) groups is 2. The molecular weight excluding hydrogens is 338 g/mol. The summed E-state index contributed by atoms with van der Waals surface area (Å²) in [6, 6.07) is 12.4. The van der Waals surface area contributed by atoms with E-state index >= 15 is 0 Å². The van der Waals surface area contributed by atoms with Crippen molar-refractivity contribution in [1.82, 2.24) is 0 Å². The molecule has 2 aromatic carbocycles. The molecule has 0 unspecified atom stereocenters. The fourth-order valence-corrected chi connectivity index (χ4v) is 2.27. The van der Waals surface area contributed by atoms with Crippen molar-refractivity contribution in [3.8, 4) is 11.5 Å². The predicted molar refractivity (Wildman–Crippen MR) is 98.1 cm³/mol. The van der Waals surface area contributed by atoms with Crippen molar-refractivity contribution in [1.29, 1.82) is 0 Å². The number of ether oxygens (including phenoxy) is 2. The standard InChI is InChI=1S/C17H21NO2.C2H2O4/c1-12-7-13(2)9-15(8-12)18-11-14-5-6-16(19-3)17(10-14)20-4;3-1(4)2(5)6/h5-10,18H,11H2,1-4H3;(H,3,4)(H,5,6). The summed E-state index contributed by atoms with van der Waals surface area (Å²) in [7, 11) is 3.30. The van der Waals surface area contributed by atoms with Gasteiger partial charge in [0, 0.05) is 12.2 Å². The van der Waals surface area contributed by atoms with Crippen molar-refractivity contribution in [2.24, 2.45) is 0 Å². The van der Waals surface area contributed by atoms with Gasteiger partial charge < -0.3 is 25.0 Å². The minimum Gasteiger partial charge on any atom is -0.493 e. The maximum Gasteiger partial charge on any atom is 0.414 e. The number of benzene rings is 2. The highest BCUT2D eigenvalue weighted by Crippen LogP contribution is 2.27. The van der Waals surface area contributed by atoms with Gasteiger partial charge in [-0.1, -0.05) is 12.1 Å². The van der Waals surface area contributed by atoms with Crippen molar-refractivity contribution in [3.63, 3.8) is 0 Å². The second-order valence-corrected chi connectivity index (χ2v) is 5.53. The molecule has 0 aliphatic rings. The Morgan fingerprint density at radius 2 is 1.42 bits per heavy atom. The molecule has 0 radical (unpaired) electrons. The van der Waals surface area contributed by atoms with Crippen LogP contribution in [-0.2, 0) is 16.1 Å². The van der Waals surface area contributed by atoms with Crippen LogP contribution in [0.4, 0.5) is 5.69 Å². The lowest BCUT2D eigenvalue weighted by atomic mass is 10.1. The third-order valence-corrected chi connectivity index (χ3v) is 3.35. The second-order valence-electron chi connectivity index (χ2n) is 5.53. The Morgan fingerprint density at radius 1 is 0.885 bits per heavy atom. The van der Waals surface area contributed by atoms with Gasteiger partial charge in [0.05, 0.1) is 14.2 Å². The van der Waals surface area contributed by atoms with Crippen molar-refractivity contribution in [3.05, 3.63) is 53.1 Å². The van der Waals surface area contributed by atoms with Crippen LogP contribution in [-0.4, -0.2) is 36.4 Å². The van der Waals surface area contributed by atoms with Crippen LogP contribution < -0.4 is 14.8 Å². The number of rotatable bonds is 5. The van der Waals surface area contributed by atoms with Gasteiger partial charge in [-0.15, -0.1) is 0 Å². The average molecular weight is 361 g/mol. The normalized spacial score (nSPS) is 9.54. The Hall–Kier alpha value is -3.22. The molecule has 0 atom stereocenters. The van der Waals surface area contributed by atoms with Gasteiger partial charge >= 0.3 is 11.9 Å². The van der Waals surface area contributed by atoms with Crippen LogP contribution in [0.2, 0.25) is 0 Å². The first kappa shape index (κ1) is 20.8. The first-order valence-corrected chi connectivity index (χ1v) is 7.76. The lowest BCUT2D eigenvalue weighted by Crippen LogP contribution is -2.09. The number of carboxylic acids is 2. The topological polar surface area (TPSA) is 105 Å². The summed E-state index contributed by atoms with van der Waals surface area (Å²) in [5.41, 5.74) is 4.82. The molecule has 0 fully saturated rings. The molecule has 0 aromatic heterocycles. The Labute approximate surface area is 152 Å². The van der Waals surface area contributed by atoms with E-state index in [0.717, 1.165) is 29.3 Å². The van der Waals surface area contributed by atoms with E-state index in [1.54, 1.807) is 14.2 Å². The van der Waals surface area contributed by atoms with Gasteiger partial charge in [0.2, 0.25) is 0 Å². The van der Waals surface area contributed by atoms with Crippen LogP contribution >= 0.6 is 0 Å². The van der Waals surface area contributed by atoms with Crippen molar-refractivity contribution >= 4 is 17.6 Å². The highest BCUT2D eigenvalue weighted by atomic mass is 16.5. The molecule has 140 valence electrons. The summed E-state index contributed by atoms with van der Waals surface area (Å²) in [6.07, 6.45) is 0. The maximum absolute atomic E-state index is 9.10. The molecule has 3 N–H and O–H groups in total. The molecule has 0 saturated carbocycles. The Morgan fingerprint density at radius 3 is 1.88 bits per heavy atom. The van der Waals surface area contributed by atoms with E-state index in [9.17, 15) is 0 Å². The molecule has 0 spiro atoms. The van der Waals surface area contributed by atoms with Gasteiger partial charge in [0.1, 0.15) is 0 Å². The van der Waals surface area contributed by atoms with Crippen LogP contribution in [0, 0.1) is 13.8 Å². The molecule has 0 saturated heterocycles. The number of aryl methyl sites for hydroxylation is 2. The van der Waals surface area contributed by atoms with E-state index in [2.05, 4.69) is 37.4 Å². The first-order chi connectivity index (χ1) is 12.3. The summed E-state index contributed by atoms with van der Waals surface area (Å²) in [5, 5.41) is 18.2. The van der Waals surface area contributed by atoms with Gasteiger partial charge in [-0.2, -0.15) is 0 Å². The molecule has 0 bridgehead atoms. The lowest BCUT2D eigenvalue weighted by molar-refractivity contribution is -0.159. The summed E-state index contributed by atoms with van der Waals surface area (Å²) >= 11 is 0. The molecule has 2 aromatic rings. The number of hydrogen-bond donors (Lipinski definition) is 3. The van der Waals surface area contributed by atoms with Gasteiger partial charge in [-0.05, 0) is 54.8 Å². The largest absolute Gasteiger partial charge is 0.493 e. The Bertz CT molecular complexity index is 740. The number of aliphatic carboxylic acids is 2. The summed E-state index contributed by atoms with van der Waals surface area (Å²) in [5.74, 6) is -2.14. The monoisotopic (exact) mass is 361 g/mol. The summed E-state index contributed by atoms with van der Waals surface area (Å²) in [4.78, 5) is 18.2. The molecule has 0 amide bonds. The Kier molecular flexibility index (Phi) is 7.95. The quantitative estimate of drug-likeness (QED) is 0.703. The van der Waals surface area contributed by atoms with Gasteiger partial charge in [0.25, 0.3) is 0 Å². The number of hydrogen-bond acceptors (Lipinski definition) is 5. The fourth-order valence-electron chi connectivity index (χ4n) is 2.27. The number of carboxylic acid groups (broad SMARTS) is 2. The van der Waals surface area contributed by atoms with Crippen molar-refractivity contribution in [2.75, 3.05) is 19.5 Å². The molecule has 0 heterocycles. The van der Waals surface area contributed by atoms with Crippen LogP contribution in [0.5, 0.6) is 11.5 Å². The van der Waals surface area contributed by atoms with Gasteiger partial charge in [-0.3, -0.25) is 0 Å². The maximum atomic E-state index is 9.10. The first-order valence-electron chi connectivity index (χ1n) is 7.76. The Balaban J connectivity index is 0.000000487. The third kappa shape index (κ3) is 6.72. The van der Waals surface area contributed by atoms with Crippen LogP contribution in [0.25, 0.3) is 0 Å². The zero-order chi connectivity index (χ0) is 19.7. The molecule has 0 aliphatic carbocycles. The van der Waals surface area contributed by atoms with Gasteiger partial charge in [-0.25, -0.2) is 9.59 Å². The van der Waals surface area contributed by atoms with Crippen LogP contribution in [0.1, 0.15) is 16.7 Å². The highest BCUT2D eigenvalue weighted by molar-refractivity contribution is 6.27. The van der Waals surface area contributed by atoms with E-state index in [4.69, 9.17) is 29.3 Å². The molecule has 7 heteroatoms.